The highest BCUT2D eigenvalue weighted by molar-refractivity contribution is 14.0. The van der Waals surface area contributed by atoms with Gasteiger partial charge in [0.05, 0.1) is 6.61 Å². The Morgan fingerprint density at radius 1 is 1.19 bits per heavy atom. The van der Waals surface area contributed by atoms with Crippen LogP contribution in [0.4, 0.5) is 0 Å². The minimum Gasteiger partial charge on any atom is -0.475 e. The zero-order chi connectivity index (χ0) is 18.2. The summed E-state index contributed by atoms with van der Waals surface area (Å²) in [6.07, 6.45) is 2.87. The zero-order valence-corrected chi connectivity index (χ0v) is 18.2. The van der Waals surface area contributed by atoms with E-state index in [0.29, 0.717) is 25.6 Å². The summed E-state index contributed by atoms with van der Waals surface area (Å²) >= 11 is 0. The van der Waals surface area contributed by atoms with Crippen molar-refractivity contribution in [1.82, 2.24) is 15.2 Å². The van der Waals surface area contributed by atoms with Crippen molar-refractivity contribution in [3.8, 4) is 5.88 Å². The van der Waals surface area contributed by atoms with E-state index in [4.69, 9.17) is 9.47 Å². The Labute approximate surface area is 178 Å². The van der Waals surface area contributed by atoms with Gasteiger partial charge in [0.15, 0.2) is 5.96 Å². The fraction of sp³-hybridized carbons (Fsp3) is 0.400. The van der Waals surface area contributed by atoms with E-state index in [0.717, 1.165) is 31.0 Å². The third kappa shape index (κ3) is 6.07. The maximum atomic E-state index is 5.49. The van der Waals surface area contributed by atoms with E-state index in [9.17, 15) is 0 Å². The topological polar surface area (TPSA) is 59.0 Å². The molecule has 1 aliphatic heterocycles. The third-order valence-electron chi connectivity index (χ3n) is 4.43. The second-order valence-corrected chi connectivity index (χ2v) is 6.19. The minimum atomic E-state index is 0. The van der Waals surface area contributed by atoms with Crippen molar-refractivity contribution >= 4 is 29.9 Å². The van der Waals surface area contributed by atoms with Crippen molar-refractivity contribution in [2.75, 3.05) is 33.9 Å². The van der Waals surface area contributed by atoms with Crippen LogP contribution in [0.5, 0.6) is 5.88 Å². The molecule has 0 radical (unpaired) electrons. The van der Waals surface area contributed by atoms with Crippen LogP contribution in [0.3, 0.4) is 0 Å². The highest BCUT2D eigenvalue weighted by atomic mass is 127. The third-order valence-corrected chi connectivity index (χ3v) is 4.43. The molecule has 0 amide bonds. The van der Waals surface area contributed by atoms with E-state index in [2.05, 4.69) is 44.5 Å². The predicted octanol–water partition coefficient (Wildman–Crippen LogP) is 2.86. The van der Waals surface area contributed by atoms with Crippen molar-refractivity contribution in [2.45, 2.75) is 19.5 Å². The van der Waals surface area contributed by atoms with Gasteiger partial charge in [-0.2, -0.15) is 0 Å². The maximum Gasteiger partial charge on any atom is 0.213 e. The molecule has 2 aromatic rings. The first kappa shape index (κ1) is 21.4. The van der Waals surface area contributed by atoms with Crippen LogP contribution in [0, 0.1) is 0 Å². The molecule has 0 bridgehead atoms. The second kappa shape index (κ2) is 11.1. The number of halogens is 1. The van der Waals surface area contributed by atoms with Gasteiger partial charge in [-0.3, -0.25) is 4.99 Å². The Hall–Kier alpha value is -1.87. The molecule has 1 aromatic heterocycles. The Morgan fingerprint density at radius 2 is 2.00 bits per heavy atom. The van der Waals surface area contributed by atoms with Crippen molar-refractivity contribution in [2.24, 2.45) is 4.99 Å². The van der Waals surface area contributed by atoms with Crippen LogP contribution in [-0.4, -0.2) is 49.8 Å². The first-order valence-corrected chi connectivity index (χ1v) is 8.89. The summed E-state index contributed by atoms with van der Waals surface area (Å²) in [7, 11) is 3.48. The Bertz CT molecular complexity index is 737. The number of hydrogen-bond donors (Lipinski definition) is 1. The standard InChI is InChI=1S/C20H26N4O2.HI/c1-21-20(24-10-9-17-5-3-4-6-18(17)15-24)23-14-16-7-8-19(22-13-16)26-12-11-25-2;/h3-8,13H,9-12,14-15H2,1-2H3,(H,21,23);1H. The highest BCUT2D eigenvalue weighted by Crippen LogP contribution is 2.18. The van der Waals surface area contributed by atoms with E-state index < -0.39 is 0 Å². The van der Waals surface area contributed by atoms with Gasteiger partial charge in [0.2, 0.25) is 5.88 Å². The normalized spacial score (nSPS) is 13.6. The summed E-state index contributed by atoms with van der Waals surface area (Å²) in [5.74, 6) is 1.53. The lowest BCUT2D eigenvalue weighted by molar-refractivity contribution is 0.143. The summed E-state index contributed by atoms with van der Waals surface area (Å²) in [4.78, 5) is 11.1. The fourth-order valence-electron chi connectivity index (χ4n) is 3.02. The van der Waals surface area contributed by atoms with Crippen LogP contribution < -0.4 is 10.1 Å². The van der Waals surface area contributed by atoms with E-state index in [1.54, 1.807) is 7.11 Å². The molecule has 6 nitrogen and oxygen atoms in total. The number of fused-ring (bicyclic) bond motifs is 1. The van der Waals surface area contributed by atoms with E-state index >= 15 is 0 Å². The van der Waals surface area contributed by atoms with Crippen LogP contribution in [0.15, 0.2) is 47.6 Å². The first-order chi connectivity index (χ1) is 12.8. The van der Waals surface area contributed by atoms with Crippen LogP contribution in [-0.2, 0) is 24.2 Å². The number of benzene rings is 1. The molecular weight excluding hydrogens is 455 g/mol. The molecule has 2 heterocycles. The minimum absolute atomic E-state index is 0. The SMILES string of the molecule is CN=C(NCc1ccc(OCCOC)nc1)N1CCc2ccccc2C1.I. The van der Waals surface area contributed by atoms with E-state index in [1.807, 2.05) is 25.4 Å². The van der Waals surface area contributed by atoms with Crippen LogP contribution in [0.1, 0.15) is 16.7 Å². The number of hydrogen-bond acceptors (Lipinski definition) is 4. The quantitative estimate of drug-likeness (QED) is 0.297. The van der Waals surface area contributed by atoms with Gasteiger partial charge in [0.25, 0.3) is 0 Å². The number of ether oxygens (including phenoxy) is 2. The van der Waals surface area contributed by atoms with Crippen molar-refractivity contribution in [1.29, 1.82) is 0 Å². The molecule has 0 fully saturated rings. The summed E-state index contributed by atoms with van der Waals surface area (Å²) in [5.41, 5.74) is 3.90. The lowest BCUT2D eigenvalue weighted by atomic mass is 10.0. The molecule has 1 N–H and O–H groups in total. The largest absolute Gasteiger partial charge is 0.475 e. The highest BCUT2D eigenvalue weighted by Gasteiger charge is 2.18. The van der Waals surface area contributed by atoms with Crippen LogP contribution >= 0.6 is 24.0 Å². The molecule has 1 aliphatic rings. The predicted molar refractivity (Wildman–Crippen MR) is 118 cm³/mol. The molecule has 1 aromatic carbocycles. The molecule has 0 atom stereocenters. The molecule has 27 heavy (non-hydrogen) atoms. The van der Waals surface area contributed by atoms with Gasteiger partial charge in [-0.05, 0) is 23.1 Å². The Morgan fingerprint density at radius 3 is 2.70 bits per heavy atom. The molecule has 0 spiro atoms. The number of nitrogens with one attached hydrogen (secondary N) is 1. The fourth-order valence-corrected chi connectivity index (χ4v) is 3.02. The molecule has 0 saturated heterocycles. The molecule has 0 aliphatic carbocycles. The summed E-state index contributed by atoms with van der Waals surface area (Å²) < 4.78 is 10.5. The lowest BCUT2D eigenvalue weighted by Crippen LogP contribution is -2.43. The Kier molecular flexibility index (Phi) is 8.80. The first-order valence-electron chi connectivity index (χ1n) is 8.89. The molecule has 7 heteroatoms. The Balaban J connectivity index is 0.00000261. The molecule has 0 saturated carbocycles. The molecular formula is C20H27IN4O2. The molecule has 146 valence electrons. The number of nitrogens with zero attached hydrogens (tertiary/aromatic N) is 3. The van der Waals surface area contributed by atoms with Gasteiger partial charge in [-0.15, -0.1) is 24.0 Å². The average Bonchev–Trinajstić information content (AvgIpc) is 2.69. The number of aliphatic imine (C=N–C) groups is 1. The second-order valence-electron chi connectivity index (χ2n) is 6.19. The lowest BCUT2D eigenvalue weighted by Gasteiger charge is -2.31. The van der Waals surface area contributed by atoms with E-state index in [-0.39, 0.29) is 24.0 Å². The van der Waals surface area contributed by atoms with Crippen LogP contribution in [0.25, 0.3) is 0 Å². The molecule has 0 unspecified atom stereocenters. The van der Waals surface area contributed by atoms with Crippen molar-refractivity contribution in [3.63, 3.8) is 0 Å². The molecule has 3 rings (SSSR count). The van der Waals surface area contributed by atoms with Gasteiger partial charge in [-0.1, -0.05) is 30.3 Å². The number of aromatic nitrogens is 1. The number of pyridine rings is 1. The summed E-state index contributed by atoms with van der Waals surface area (Å²) in [6, 6.07) is 12.5. The van der Waals surface area contributed by atoms with Gasteiger partial charge >= 0.3 is 0 Å². The van der Waals surface area contributed by atoms with Gasteiger partial charge in [0, 0.05) is 46.1 Å². The smallest absolute Gasteiger partial charge is 0.213 e. The summed E-state index contributed by atoms with van der Waals surface area (Å²) in [6.45, 7) is 3.60. The van der Waals surface area contributed by atoms with Gasteiger partial charge < -0.3 is 19.7 Å². The number of guanidine groups is 1. The van der Waals surface area contributed by atoms with Crippen molar-refractivity contribution in [3.05, 3.63) is 59.3 Å². The van der Waals surface area contributed by atoms with Gasteiger partial charge in [-0.25, -0.2) is 4.98 Å². The van der Waals surface area contributed by atoms with Crippen molar-refractivity contribution < 1.29 is 9.47 Å². The van der Waals surface area contributed by atoms with Crippen LogP contribution in [0.2, 0.25) is 0 Å². The summed E-state index contributed by atoms with van der Waals surface area (Å²) in [5, 5.41) is 3.43. The monoisotopic (exact) mass is 482 g/mol. The van der Waals surface area contributed by atoms with Gasteiger partial charge in [0.1, 0.15) is 6.61 Å². The number of methoxy groups -OCH3 is 1. The maximum absolute atomic E-state index is 5.49. The zero-order valence-electron chi connectivity index (χ0n) is 15.9. The average molecular weight is 482 g/mol. The van der Waals surface area contributed by atoms with E-state index in [1.165, 1.54) is 11.1 Å². The number of rotatable bonds is 6.